The van der Waals surface area contributed by atoms with Crippen molar-refractivity contribution >= 4 is 38.9 Å². The Hall–Kier alpha value is -3.35. The number of benzene rings is 2. The van der Waals surface area contributed by atoms with E-state index >= 15 is 4.39 Å². The SMILES string of the molecule is CC(=O)N1CC2CC2(c2nnc(-c3cc4c(cc3F)S(=O)(=O)C[C@H](N)C(=O)N4Cc3ccc(Cl)cc3)o2)C1. The fraction of sp³-hybridized carbons (Fsp3) is 0.360. The molecule has 1 aromatic heterocycles. The number of nitrogens with two attached hydrogens (primary N) is 1. The van der Waals surface area contributed by atoms with Gasteiger partial charge in [-0.25, -0.2) is 12.8 Å². The second kappa shape index (κ2) is 8.58. The Morgan fingerprint density at radius 2 is 2.00 bits per heavy atom. The van der Waals surface area contributed by atoms with E-state index in [-0.39, 0.29) is 40.4 Å². The van der Waals surface area contributed by atoms with Gasteiger partial charge in [0, 0.05) is 25.0 Å². The van der Waals surface area contributed by atoms with Gasteiger partial charge in [-0.1, -0.05) is 23.7 Å². The van der Waals surface area contributed by atoms with Gasteiger partial charge in [0.15, 0.2) is 9.84 Å². The van der Waals surface area contributed by atoms with Crippen molar-refractivity contribution < 1.29 is 26.8 Å². The van der Waals surface area contributed by atoms with Crippen molar-refractivity contribution in [3.8, 4) is 11.5 Å². The van der Waals surface area contributed by atoms with Gasteiger partial charge in [0.1, 0.15) is 5.82 Å². The van der Waals surface area contributed by atoms with E-state index < -0.39 is 38.8 Å². The number of rotatable bonds is 4. The predicted molar refractivity (Wildman–Crippen MR) is 134 cm³/mol. The number of nitrogens with zero attached hydrogens (tertiary/aromatic N) is 4. The van der Waals surface area contributed by atoms with Gasteiger partial charge in [0.05, 0.1) is 39.9 Å². The van der Waals surface area contributed by atoms with Crippen molar-refractivity contribution in [2.45, 2.75) is 36.2 Å². The minimum absolute atomic E-state index is 0.0158. The topological polar surface area (TPSA) is 140 Å². The number of likely N-dealkylation sites (tertiary alicyclic amines) is 1. The van der Waals surface area contributed by atoms with Gasteiger partial charge in [0.25, 0.3) is 5.89 Å². The molecule has 6 rings (SSSR count). The Morgan fingerprint density at radius 1 is 1.26 bits per heavy atom. The van der Waals surface area contributed by atoms with Crippen molar-refractivity contribution in [2.75, 3.05) is 23.7 Å². The monoisotopic (exact) mass is 559 g/mol. The average Bonchev–Trinajstić information content (AvgIpc) is 3.20. The number of piperidine rings is 1. The van der Waals surface area contributed by atoms with Crippen LogP contribution in [0.3, 0.4) is 0 Å². The number of sulfone groups is 1. The van der Waals surface area contributed by atoms with Gasteiger partial charge in [-0.3, -0.25) is 9.59 Å². The van der Waals surface area contributed by atoms with E-state index in [0.29, 0.717) is 29.6 Å². The highest BCUT2D eigenvalue weighted by Gasteiger charge is 2.65. The van der Waals surface area contributed by atoms with Crippen LogP contribution < -0.4 is 10.6 Å². The van der Waals surface area contributed by atoms with Crippen LogP contribution in [0.15, 0.2) is 45.7 Å². The van der Waals surface area contributed by atoms with Crippen LogP contribution in [0.5, 0.6) is 0 Å². The van der Waals surface area contributed by atoms with Crippen LogP contribution in [0, 0.1) is 11.7 Å². The number of anilines is 1. The molecule has 38 heavy (non-hydrogen) atoms. The number of halogens is 2. The molecule has 0 spiro atoms. The molecule has 1 saturated heterocycles. The number of aromatic nitrogens is 2. The zero-order valence-electron chi connectivity index (χ0n) is 20.2. The average molecular weight is 560 g/mol. The first-order valence-corrected chi connectivity index (χ1v) is 14.0. The first-order valence-electron chi connectivity index (χ1n) is 12.0. The van der Waals surface area contributed by atoms with Crippen molar-refractivity contribution in [1.29, 1.82) is 0 Å². The lowest BCUT2D eigenvalue weighted by Gasteiger charge is -2.24. The number of carbonyl (C=O) groups excluding carboxylic acids is 2. The van der Waals surface area contributed by atoms with Gasteiger partial charge in [-0.2, -0.15) is 0 Å². The van der Waals surface area contributed by atoms with Crippen LogP contribution >= 0.6 is 11.6 Å². The molecule has 198 valence electrons. The molecule has 0 bridgehead atoms. The molecule has 2 fully saturated rings. The van der Waals surface area contributed by atoms with Crippen molar-refractivity contribution in [2.24, 2.45) is 11.7 Å². The van der Waals surface area contributed by atoms with E-state index in [9.17, 15) is 18.0 Å². The number of hydrogen-bond donors (Lipinski definition) is 1. The molecule has 1 saturated carbocycles. The Kier molecular flexibility index (Phi) is 5.64. The lowest BCUT2D eigenvalue weighted by molar-refractivity contribution is -0.128. The fourth-order valence-corrected chi connectivity index (χ4v) is 7.10. The molecule has 2 aromatic carbocycles. The highest BCUT2D eigenvalue weighted by Crippen LogP contribution is 2.58. The zero-order chi connectivity index (χ0) is 27.0. The third-order valence-electron chi connectivity index (χ3n) is 7.58. The van der Waals surface area contributed by atoms with Gasteiger partial charge < -0.3 is 20.0 Å². The predicted octanol–water partition coefficient (Wildman–Crippen LogP) is 2.30. The van der Waals surface area contributed by atoms with Crippen LogP contribution in [0.4, 0.5) is 10.1 Å². The summed E-state index contributed by atoms with van der Waals surface area (Å²) >= 11 is 5.98. The van der Waals surface area contributed by atoms with Crippen molar-refractivity contribution in [1.82, 2.24) is 15.1 Å². The first kappa shape index (κ1) is 25.0. The quantitative estimate of drug-likeness (QED) is 0.513. The Morgan fingerprint density at radius 3 is 2.68 bits per heavy atom. The van der Waals surface area contributed by atoms with Crippen LogP contribution in [-0.2, 0) is 31.4 Å². The maximum atomic E-state index is 15.4. The second-order valence-electron chi connectivity index (χ2n) is 10.1. The summed E-state index contributed by atoms with van der Waals surface area (Å²) in [5.41, 5.74) is 6.01. The Bertz CT molecular complexity index is 1590. The molecule has 3 heterocycles. The Balaban J connectivity index is 1.42. The highest BCUT2D eigenvalue weighted by molar-refractivity contribution is 7.91. The minimum atomic E-state index is -4.09. The maximum Gasteiger partial charge on any atom is 0.250 e. The molecular weight excluding hydrogens is 537 g/mol. The highest BCUT2D eigenvalue weighted by atomic mass is 35.5. The zero-order valence-corrected chi connectivity index (χ0v) is 21.8. The van der Waals surface area contributed by atoms with Crippen LogP contribution in [-0.4, -0.2) is 60.2 Å². The molecule has 2 amide bonds. The van der Waals surface area contributed by atoms with E-state index in [2.05, 4.69) is 10.2 Å². The Labute approximate surface area is 222 Å². The number of amides is 2. The van der Waals surface area contributed by atoms with Gasteiger partial charge in [0.2, 0.25) is 17.7 Å². The molecule has 3 aromatic rings. The largest absolute Gasteiger partial charge is 0.420 e. The maximum absolute atomic E-state index is 15.4. The molecule has 3 aliphatic rings. The molecule has 13 heteroatoms. The molecule has 2 aliphatic heterocycles. The minimum Gasteiger partial charge on any atom is -0.420 e. The van der Waals surface area contributed by atoms with E-state index in [1.165, 1.54) is 17.9 Å². The van der Waals surface area contributed by atoms with Crippen molar-refractivity contribution in [3.63, 3.8) is 0 Å². The standard InChI is InChI=1S/C25H23ClFN5O5S/c1-13(33)31-10-15-8-25(15,12-31)24-30-29-22(37-24)17-6-20-21(7-18(17)27)38(35,36)11-19(28)23(34)32(20)9-14-2-4-16(26)5-3-14/h2-7,15,19H,8-12,28H2,1H3/t15?,19-,25?/m0/s1. The smallest absolute Gasteiger partial charge is 0.250 e. The summed E-state index contributed by atoms with van der Waals surface area (Å²) in [4.78, 5) is 27.7. The van der Waals surface area contributed by atoms with E-state index in [4.69, 9.17) is 21.8 Å². The summed E-state index contributed by atoms with van der Waals surface area (Å²) in [6.07, 6.45) is 0.782. The van der Waals surface area contributed by atoms with E-state index in [1.807, 2.05) is 0 Å². The number of carbonyl (C=O) groups is 2. The summed E-state index contributed by atoms with van der Waals surface area (Å²) in [6.45, 7) is 2.53. The number of fused-ring (bicyclic) bond motifs is 2. The van der Waals surface area contributed by atoms with Crippen LogP contribution in [0.2, 0.25) is 5.02 Å². The molecular formula is C25H23ClFN5O5S. The molecule has 10 nitrogen and oxygen atoms in total. The van der Waals surface area contributed by atoms with Crippen LogP contribution in [0.1, 0.15) is 24.8 Å². The molecule has 2 unspecified atom stereocenters. The van der Waals surface area contributed by atoms with Gasteiger partial charge in [-0.05, 0) is 42.2 Å². The summed E-state index contributed by atoms with van der Waals surface area (Å²) < 4.78 is 47.5. The summed E-state index contributed by atoms with van der Waals surface area (Å²) in [5, 5.41) is 8.69. The van der Waals surface area contributed by atoms with Gasteiger partial charge in [-0.15, -0.1) is 10.2 Å². The van der Waals surface area contributed by atoms with Crippen molar-refractivity contribution in [3.05, 3.63) is 58.7 Å². The van der Waals surface area contributed by atoms with Gasteiger partial charge >= 0.3 is 0 Å². The summed E-state index contributed by atoms with van der Waals surface area (Å²) in [5.74, 6) is -1.87. The fourth-order valence-electron chi connectivity index (χ4n) is 5.41. The molecule has 0 radical (unpaired) electrons. The summed E-state index contributed by atoms with van der Waals surface area (Å²) in [6, 6.07) is 7.47. The molecule has 3 atom stereocenters. The van der Waals surface area contributed by atoms with Crippen LogP contribution in [0.25, 0.3) is 11.5 Å². The molecule has 1 aliphatic carbocycles. The van der Waals surface area contributed by atoms with E-state index in [0.717, 1.165) is 12.5 Å². The number of hydrogen-bond acceptors (Lipinski definition) is 8. The lowest BCUT2D eigenvalue weighted by Crippen LogP contribution is -2.45. The lowest BCUT2D eigenvalue weighted by atomic mass is 10.1. The normalized spacial score (nSPS) is 25.6. The third kappa shape index (κ3) is 3.98. The third-order valence-corrected chi connectivity index (χ3v) is 9.63. The second-order valence-corrected chi connectivity index (χ2v) is 12.5. The van der Waals surface area contributed by atoms with E-state index in [1.54, 1.807) is 29.2 Å². The first-order chi connectivity index (χ1) is 18.0. The summed E-state index contributed by atoms with van der Waals surface area (Å²) in [7, 11) is -4.09. The molecule has 2 N–H and O–H groups in total.